The van der Waals surface area contributed by atoms with Crippen LogP contribution in [0.5, 0.6) is 5.75 Å². The number of methoxy groups -OCH3 is 1. The van der Waals surface area contributed by atoms with E-state index in [2.05, 4.69) is 15.3 Å². The summed E-state index contributed by atoms with van der Waals surface area (Å²) in [6, 6.07) is 4.59. The largest absolute Gasteiger partial charge is 0.495 e. The Balaban J connectivity index is 2.45. The zero-order chi connectivity index (χ0) is 15.2. The highest BCUT2D eigenvalue weighted by atomic mass is 16.6. The van der Waals surface area contributed by atoms with Crippen molar-refractivity contribution in [1.29, 1.82) is 0 Å². The van der Waals surface area contributed by atoms with Gasteiger partial charge in [0.25, 0.3) is 5.69 Å². The molecule has 2 aromatic heterocycles. The Bertz CT molecular complexity index is 646. The van der Waals surface area contributed by atoms with Crippen LogP contribution in [0.1, 0.15) is 13.3 Å². The molecule has 0 saturated heterocycles. The second-order valence-electron chi connectivity index (χ2n) is 4.39. The number of anilines is 1. The summed E-state index contributed by atoms with van der Waals surface area (Å²) >= 11 is 0. The van der Waals surface area contributed by atoms with Gasteiger partial charge in [0.05, 0.1) is 30.0 Å². The first-order chi connectivity index (χ1) is 10.1. The van der Waals surface area contributed by atoms with Crippen molar-refractivity contribution < 1.29 is 9.66 Å². The Morgan fingerprint density at radius 3 is 2.81 bits per heavy atom. The first-order valence-corrected chi connectivity index (χ1v) is 6.53. The van der Waals surface area contributed by atoms with Gasteiger partial charge in [-0.1, -0.05) is 6.92 Å². The lowest BCUT2D eigenvalue weighted by atomic mass is 10.1. The maximum atomic E-state index is 11.0. The Hall–Kier alpha value is -2.70. The van der Waals surface area contributed by atoms with Crippen LogP contribution in [0.15, 0.2) is 30.6 Å². The zero-order valence-corrected chi connectivity index (χ0v) is 11.9. The van der Waals surface area contributed by atoms with Gasteiger partial charge < -0.3 is 10.1 Å². The van der Waals surface area contributed by atoms with Crippen LogP contribution in [0.4, 0.5) is 11.5 Å². The summed E-state index contributed by atoms with van der Waals surface area (Å²) in [7, 11) is 1.54. The standard InChI is InChI=1S/C14H16N4O3/c1-3-4-16-14-7-11(18(19)20)6-13(17-14)10-5-12(21-2)9-15-8-10/h5-9H,3-4H2,1-2H3,(H,16,17). The molecule has 0 aromatic carbocycles. The van der Waals surface area contributed by atoms with Gasteiger partial charge in [-0.05, 0) is 12.5 Å². The molecule has 0 fully saturated rings. The lowest BCUT2D eigenvalue weighted by Crippen LogP contribution is -2.03. The van der Waals surface area contributed by atoms with E-state index in [1.54, 1.807) is 18.5 Å². The van der Waals surface area contributed by atoms with Crippen molar-refractivity contribution in [2.45, 2.75) is 13.3 Å². The van der Waals surface area contributed by atoms with Crippen LogP contribution in [0.2, 0.25) is 0 Å². The molecule has 0 amide bonds. The lowest BCUT2D eigenvalue weighted by Gasteiger charge is -2.08. The van der Waals surface area contributed by atoms with Gasteiger partial charge in [-0.25, -0.2) is 4.98 Å². The first kappa shape index (κ1) is 14.7. The van der Waals surface area contributed by atoms with E-state index < -0.39 is 4.92 Å². The molecule has 110 valence electrons. The van der Waals surface area contributed by atoms with Crippen LogP contribution >= 0.6 is 0 Å². The molecule has 2 rings (SSSR count). The molecule has 0 bridgehead atoms. The molecule has 1 N–H and O–H groups in total. The molecule has 0 aliphatic carbocycles. The zero-order valence-electron chi connectivity index (χ0n) is 11.9. The maximum Gasteiger partial charge on any atom is 0.275 e. The molecule has 0 aliphatic rings. The van der Waals surface area contributed by atoms with Crippen molar-refractivity contribution >= 4 is 11.5 Å². The molecule has 0 spiro atoms. The van der Waals surface area contributed by atoms with Gasteiger partial charge in [-0.15, -0.1) is 0 Å². The predicted octanol–water partition coefficient (Wildman–Crippen LogP) is 2.88. The third-order valence-electron chi connectivity index (χ3n) is 2.82. The van der Waals surface area contributed by atoms with Gasteiger partial charge in [0.1, 0.15) is 11.6 Å². The van der Waals surface area contributed by atoms with Gasteiger partial charge in [0, 0.05) is 24.4 Å². The molecule has 0 unspecified atom stereocenters. The van der Waals surface area contributed by atoms with E-state index in [0.29, 0.717) is 29.4 Å². The first-order valence-electron chi connectivity index (χ1n) is 6.53. The van der Waals surface area contributed by atoms with E-state index in [0.717, 1.165) is 6.42 Å². The summed E-state index contributed by atoms with van der Waals surface area (Å²) in [5.41, 5.74) is 1.13. The van der Waals surface area contributed by atoms with E-state index in [4.69, 9.17) is 4.74 Å². The van der Waals surface area contributed by atoms with Crippen LogP contribution in [0, 0.1) is 10.1 Å². The fourth-order valence-corrected chi connectivity index (χ4v) is 1.78. The molecule has 7 nitrogen and oxygen atoms in total. The fraction of sp³-hybridized carbons (Fsp3) is 0.286. The second-order valence-corrected chi connectivity index (χ2v) is 4.39. The molecule has 0 atom stereocenters. The Kier molecular flexibility index (Phi) is 4.65. The molecule has 2 aromatic rings. The molecule has 2 heterocycles. The molecule has 21 heavy (non-hydrogen) atoms. The quantitative estimate of drug-likeness (QED) is 0.649. The molecule has 7 heteroatoms. The number of pyridine rings is 2. The van der Waals surface area contributed by atoms with Crippen molar-refractivity contribution in [2.75, 3.05) is 19.0 Å². The highest BCUT2D eigenvalue weighted by Crippen LogP contribution is 2.26. The summed E-state index contributed by atoms with van der Waals surface area (Å²) in [6.07, 6.45) is 4.07. The van der Waals surface area contributed by atoms with E-state index in [9.17, 15) is 10.1 Å². The molecule has 0 aliphatic heterocycles. The second kappa shape index (κ2) is 6.65. The van der Waals surface area contributed by atoms with Crippen molar-refractivity contribution in [3.05, 3.63) is 40.7 Å². The number of aromatic nitrogens is 2. The fourth-order valence-electron chi connectivity index (χ4n) is 1.78. The lowest BCUT2D eigenvalue weighted by molar-refractivity contribution is -0.384. The number of ether oxygens (including phenoxy) is 1. The number of nitro groups is 1. The van der Waals surface area contributed by atoms with Crippen molar-refractivity contribution in [1.82, 2.24) is 9.97 Å². The summed E-state index contributed by atoms with van der Waals surface area (Å²) in [4.78, 5) is 19.0. The minimum Gasteiger partial charge on any atom is -0.495 e. The maximum absolute atomic E-state index is 11.0. The number of rotatable bonds is 6. The van der Waals surface area contributed by atoms with Crippen LogP contribution in [-0.2, 0) is 0 Å². The van der Waals surface area contributed by atoms with E-state index in [-0.39, 0.29) is 5.69 Å². The Morgan fingerprint density at radius 2 is 2.14 bits per heavy atom. The normalized spacial score (nSPS) is 10.2. The van der Waals surface area contributed by atoms with Crippen molar-refractivity contribution in [3.63, 3.8) is 0 Å². The Morgan fingerprint density at radius 1 is 1.33 bits per heavy atom. The molecular weight excluding hydrogens is 272 g/mol. The Labute approximate surface area is 122 Å². The monoisotopic (exact) mass is 288 g/mol. The van der Waals surface area contributed by atoms with Gasteiger partial charge in [-0.3, -0.25) is 15.1 Å². The van der Waals surface area contributed by atoms with Crippen LogP contribution in [0.3, 0.4) is 0 Å². The smallest absolute Gasteiger partial charge is 0.275 e. The van der Waals surface area contributed by atoms with Crippen molar-refractivity contribution in [3.8, 4) is 17.0 Å². The van der Waals surface area contributed by atoms with Crippen LogP contribution in [-0.4, -0.2) is 28.5 Å². The number of hydrogen-bond acceptors (Lipinski definition) is 6. The van der Waals surface area contributed by atoms with Gasteiger partial charge in [0.2, 0.25) is 0 Å². The number of hydrogen-bond donors (Lipinski definition) is 1. The number of nitrogens with one attached hydrogen (secondary N) is 1. The van der Waals surface area contributed by atoms with Crippen LogP contribution < -0.4 is 10.1 Å². The number of nitrogens with zero attached hydrogens (tertiary/aromatic N) is 3. The average molecular weight is 288 g/mol. The van der Waals surface area contributed by atoms with E-state index >= 15 is 0 Å². The van der Waals surface area contributed by atoms with Gasteiger partial charge >= 0.3 is 0 Å². The van der Waals surface area contributed by atoms with Crippen molar-refractivity contribution in [2.24, 2.45) is 0 Å². The van der Waals surface area contributed by atoms with E-state index in [1.807, 2.05) is 6.92 Å². The third-order valence-corrected chi connectivity index (χ3v) is 2.82. The minimum atomic E-state index is -0.435. The van der Waals surface area contributed by atoms with Crippen LogP contribution in [0.25, 0.3) is 11.3 Å². The average Bonchev–Trinajstić information content (AvgIpc) is 2.52. The van der Waals surface area contributed by atoms with Gasteiger partial charge in [-0.2, -0.15) is 0 Å². The summed E-state index contributed by atoms with van der Waals surface area (Å²) in [5, 5.41) is 14.1. The summed E-state index contributed by atoms with van der Waals surface area (Å²) < 4.78 is 5.11. The molecular formula is C14H16N4O3. The van der Waals surface area contributed by atoms with Gasteiger partial charge in [0.15, 0.2) is 0 Å². The summed E-state index contributed by atoms with van der Waals surface area (Å²) in [5.74, 6) is 1.05. The van der Waals surface area contributed by atoms with E-state index in [1.165, 1.54) is 19.2 Å². The summed E-state index contributed by atoms with van der Waals surface area (Å²) in [6.45, 7) is 2.71. The molecule has 0 radical (unpaired) electrons. The third kappa shape index (κ3) is 3.65. The topological polar surface area (TPSA) is 90.2 Å². The SMILES string of the molecule is CCCNc1cc([N+](=O)[O-])cc(-c2cncc(OC)c2)n1. The predicted molar refractivity (Wildman–Crippen MR) is 79.5 cm³/mol. The minimum absolute atomic E-state index is 0.0126. The highest BCUT2D eigenvalue weighted by molar-refractivity contribution is 5.65. The molecule has 0 saturated carbocycles. The highest BCUT2D eigenvalue weighted by Gasteiger charge is 2.13.